The molecule has 4 rings (SSSR count). The quantitative estimate of drug-likeness (QED) is 0.0268. The molecule has 0 amide bonds. The van der Waals surface area contributed by atoms with Crippen LogP contribution in [-0.4, -0.2) is 183 Å². The molecule has 0 aromatic heterocycles. The van der Waals surface area contributed by atoms with Crippen molar-refractivity contribution < 1.29 is 67.7 Å². The number of carbonyl (C=O) groups excluding carboxylic acids is 1. The highest BCUT2D eigenvalue weighted by Crippen LogP contribution is 2.46. The van der Waals surface area contributed by atoms with E-state index >= 15 is 4.79 Å². The lowest BCUT2D eigenvalue weighted by atomic mass is 9.82. The van der Waals surface area contributed by atoms with Gasteiger partial charge in [-0.3, -0.25) is 0 Å². The van der Waals surface area contributed by atoms with Crippen molar-refractivity contribution in [1.29, 1.82) is 0 Å². The number of carbonyl (C=O) groups is 1. The second-order valence-electron chi connectivity index (χ2n) is 41.0. The van der Waals surface area contributed by atoms with E-state index in [0.29, 0.717) is 30.6 Å². The summed E-state index contributed by atoms with van der Waals surface area (Å²) in [6.45, 7) is 87.0. The molecule has 18 atom stereocenters. The van der Waals surface area contributed by atoms with Gasteiger partial charge in [0.25, 0.3) is 0 Å². The number of hydrogen-bond donors (Lipinski definition) is 0. The van der Waals surface area contributed by atoms with Crippen LogP contribution in [0, 0.1) is 35.5 Å². The summed E-state index contributed by atoms with van der Waals surface area (Å²) in [6, 6.07) is 48.0. The van der Waals surface area contributed by atoms with Crippen molar-refractivity contribution in [2.45, 2.75) is 512 Å². The summed E-state index contributed by atoms with van der Waals surface area (Å²) in [4.78, 5) is 15.8. The minimum atomic E-state index is -3.82. The summed E-state index contributed by atoms with van der Waals surface area (Å²) in [6.07, 6.45) is 4.15. The number of ether oxygens (including phenoxy) is 3. The smallest absolute Gasteiger partial charge is 0.408 e. The molecule has 0 bridgehead atoms. The second kappa shape index (κ2) is 59.1. The molecule has 0 unspecified atom stereocenters. The average Bonchev–Trinajstić information content (AvgIpc) is 0.760. The van der Waals surface area contributed by atoms with Crippen LogP contribution in [0.15, 0.2) is 95.6 Å². The molecule has 1 saturated heterocycles. The molecule has 0 spiro atoms. The maximum absolute atomic E-state index is 15.8. The molecular weight excluding hydrogens is 1810 g/mol. The zero-order chi connectivity index (χ0) is 99.3. The monoisotopic (exact) mass is 2010 g/mol. The Kier molecular flexibility index (Phi) is 55.1. The van der Waals surface area contributed by atoms with Gasteiger partial charge in [-0.1, -0.05) is 321 Å². The van der Waals surface area contributed by atoms with Gasteiger partial charge < -0.3 is 62.9 Å². The molecule has 25 heteroatoms. The summed E-state index contributed by atoms with van der Waals surface area (Å²) >= 11 is 0. The van der Waals surface area contributed by atoms with Crippen molar-refractivity contribution in [3.63, 3.8) is 0 Å². The molecular formula is C107H208O15Si10. The molecule has 2 aromatic rings. The van der Waals surface area contributed by atoms with Crippen molar-refractivity contribution in [2.24, 2.45) is 35.5 Å². The molecule has 0 N–H and O–H groups in total. The molecule has 766 valence electrons. The third-order valence-corrected chi connectivity index (χ3v) is 79.7. The Morgan fingerprint density at radius 2 is 0.773 bits per heavy atom. The average molecular weight is 2020 g/mol. The first-order chi connectivity index (χ1) is 62.8. The third-order valence-electron chi connectivity index (χ3n) is 34.5. The van der Waals surface area contributed by atoms with Crippen LogP contribution >= 0.6 is 0 Å². The SMILES string of the molecule is CC[C@H](C)C[C@H](C)C[C@H](C)[C@@H](O[C@@H]1O[C@H](CO[Si](CC)(CC)CC)[C@@H](O[Si](CC)(CC)CC)[C@H](O[Si](CC)(CC)CC)[C@@H]1O[Si](CC)(CC)CC)[C@@H](C)/C=C(\C)[C@H]1O[Si](c2ccccc2)(c2ccccc2)O[C@@H]([C@@H](C)/C=C(\C)C(=O)OC[C@H](O[Si](CC)(CC)CC)[C@H](O[Si](CC)(CC)CC)[C@@H](O[Si](CC)(CC)CC)[C@H](CO[Si](CC)(CC)CC)O[Si](CC)(CC)CC)/C(C)=C/[C@@H]1C. The predicted octanol–water partition coefficient (Wildman–Crippen LogP) is 30.3. The van der Waals surface area contributed by atoms with Gasteiger partial charge in [-0.25, -0.2) is 4.79 Å². The van der Waals surface area contributed by atoms with Gasteiger partial charge in [-0.15, -0.1) is 0 Å². The second-order valence-corrected chi connectivity index (χ2v) is 86.5. The van der Waals surface area contributed by atoms with E-state index in [9.17, 15) is 0 Å². The Morgan fingerprint density at radius 1 is 0.409 bits per heavy atom. The van der Waals surface area contributed by atoms with E-state index in [-0.39, 0.29) is 42.4 Å². The molecule has 2 aliphatic rings. The van der Waals surface area contributed by atoms with Crippen molar-refractivity contribution >= 4 is 99.8 Å². The van der Waals surface area contributed by atoms with Crippen LogP contribution in [0.4, 0.5) is 0 Å². The van der Waals surface area contributed by atoms with Crippen LogP contribution in [0.3, 0.4) is 0 Å². The maximum Gasteiger partial charge on any atom is 0.408 e. The molecule has 2 heterocycles. The van der Waals surface area contributed by atoms with Crippen LogP contribution in [0.1, 0.15) is 275 Å². The Bertz CT molecular complexity index is 3450. The van der Waals surface area contributed by atoms with Crippen LogP contribution < -0.4 is 10.4 Å². The van der Waals surface area contributed by atoms with Gasteiger partial charge in [0.2, 0.25) is 0 Å². The van der Waals surface area contributed by atoms with Crippen molar-refractivity contribution in [2.75, 3.05) is 19.8 Å². The van der Waals surface area contributed by atoms with Gasteiger partial charge in [0.15, 0.2) is 81.1 Å². The first-order valence-electron chi connectivity index (χ1n) is 54.8. The molecule has 2 aromatic carbocycles. The number of esters is 1. The van der Waals surface area contributed by atoms with Gasteiger partial charge >= 0.3 is 14.5 Å². The molecule has 15 nitrogen and oxygen atoms in total. The van der Waals surface area contributed by atoms with E-state index in [4.69, 9.17) is 62.9 Å². The lowest BCUT2D eigenvalue weighted by molar-refractivity contribution is -0.309. The highest BCUT2D eigenvalue weighted by atomic mass is 28.4. The van der Waals surface area contributed by atoms with E-state index in [1.807, 2.05) is 6.92 Å². The van der Waals surface area contributed by atoms with Gasteiger partial charge in [-0.2, -0.15) is 0 Å². The zero-order valence-electron chi connectivity index (χ0n) is 92.4. The largest absolute Gasteiger partial charge is 0.460 e. The third kappa shape index (κ3) is 32.1. The number of hydrogen-bond acceptors (Lipinski definition) is 15. The first kappa shape index (κ1) is 123. The Labute approximate surface area is 824 Å². The fraction of sp³-hybridized carbons (Fsp3) is 0.822. The van der Waals surface area contributed by atoms with E-state index in [2.05, 4.69) is 328 Å². The fourth-order valence-corrected chi connectivity index (χ4v) is 51.3. The molecule has 0 saturated carbocycles. The van der Waals surface area contributed by atoms with Crippen LogP contribution in [0.5, 0.6) is 0 Å². The van der Waals surface area contributed by atoms with Crippen molar-refractivity contribution in [3.05, 3.63) is 95.6 Å². The normalized spacial score (nSPS) is 22.6. The standard InChI is InChI=1S/C107H208O15Si10/c1-38-84(29)76-85(30)77-86(31)98(113-107-105(120-131(63-26,64-27)65-28)104(119-130(60-23,61-24)62-25)101(116-127(51-14,52-15)53-16)95(112-107)82-110-123(39-2,40-3)41-4)87(32)78-88(33)99-89(34)79-90(35)100(122-132(121-99,93-72-68-66-69-73-93)94-74-70-67-71-75-94)91(36)80-92(37)106(108)109-81-96(114-125(45-8,46-9)47-10)102(117-128(54-17,55-18)56-19)103(118-129(57-20,58-21)59-22)97(115-126(48-11,49-12)50-13)83-111-124(42-5,43-6)44-7/h66-75,78-80,84-87,89,91,95-105,107H,38-65,76-77,81-83H2,1-37H3/b88-78+,90-79+,92-80+/t84-,85-,86-,87-,89-,91-,95+,96-,97-,98+,99+,100+,101+,102-,103-,104-,105-,107-/m0/s1. The van der Waals surface area contributed by atoms with Crippen LogP contribution in [-0.2, 0) is 67.7 Å². The minimum Gasteiger partial charge on any atom is -0.460 e. The number of benzene rings is 2. The van der Waals surface area contributed by atoms with Gasteiger partial charge in [-0.05, 0) is 236 Å². The van der Waals surface area contributed by atoms with Crippen LogP contribution in [0.25, 0.3) is 0 Å². The Morgan fingerprint density at radius 3 is 1.16 bits per heavy atom. The topological polar surface area (TPSA) is 146 Å². The fourth-order valence-electron chi connectivity index (χ4n) is 22.4. The Balaban J connectivity index is 2.15. The molecule has 0 radical (unpaired) electrons. The van der Waals surface area contributed by atoms with E-state index in [1.54, 1.807) is 0 Å². The van der Waals surface area contributed by atoms with Crippen molar-refractivity contribution in [3.8, 4) is 0 Å². The Hall–Kier alpha value is -1.22. The lowest BCUT2D eigenvalue weighted by Gasteiger charge is -2.54. The van der Waals surface area contributed by atoms with E-state index < -0.39 is 151 Å². The first-order valence-corrected chi connectivity index (χ1v) is 79.4. The van der Waals surface area contributed by atoms with E-state index in [1.165, 1.54) is 0 Å². The highest BCUT2D eigenvalue weighted by molar-refractivity contribution is 6.92. The summed E-state index contributed by atoms with van der Waals surface area (Å²) < 4.78 is 112. The lowest BCUT2D eigenvalue weighted by Crippen LogP contribution is -2.68. The summed E-state index contributed by atoms with van der Waals surface area (Å²) in [7, 11) is -25.2. The molecule has 132 heavy (non-hydrogen) atoms. The zero-order valence-corrected chi connectivity index (χ0v) is 102. The molecule has 1 fully saturated rings. The molecule has 2 aliphatic heterocycles. The summed E-state index contributed by atoms with van der Waals surface area (Å²) in [5, 5.41) is 2.01. The predicted molar refractivity (Wildman–Crippen MR) is 589 cm³/mol. The summed E-state index contributed by atoms with van der Waals surface area (Å²) in [5.41, 5.74) is 2.70. The number of rotatable bonds is 68. The summed E-state index contributed by atoms with van der Waals surface area (Å²) in [5.74, 6) is 0.151. The van der Waals surface area contributed by atoms with Crippen LogP contribution in [0.2, 0.25) is 163 Å². The van der Waals surface area contributed by atoms with Crippen molar-refractivity contribution in [1.82, 2.24) is 0 Å². The van der Waals surface area contributed by atoms with E-state index in [0.717, 1.165) is 204 Å². The van der Waals surface area contributed by atoms with Gasteiger partial charge in [0, 0.05) is 23.3 Å². The minimum absolute atomic E-state index is 0.00000128. The van der Waals surface area contributed by atoms with Gasteiger partial charge in [0.05, 0.1) is 43.7 Å². The van der Waals surface area contributed by atoms with Gasteiger partial charge in [0.1, 0.15) is 43.2 Å². The molecule has 0 aliphatic carbocycles. The highest BCUT2D eigenvalue weighted by Gasteiger charge is 2.58. The maximum atomic E-state index is 15.8.